The third-order valence-electron chi connectivity index (χ3n) is 1.74. The van der Waals surface area contributed by atoms with Gasteiger partial charge in [-0.2, -0.15) is 11.8 Å². The van der Waals surface area contributed by atoms with Gasteiger partial charge in [-0.05, 0) is 0 Å². The minimum atomic E-state index is 0.443. The van der Waals surface area contributed by atoms with Crippen LogP contribution >= 0.6 is 23.5 Å². The summed E-state index contributed by atoms with van der Waals surface area (Å²) in [4.78, 5) is 4.02. The van der Waals surface area contributed by atoms with Gasteiger partial charge in [-0.3, -0.25) is 4.99 Å². The normalized spacial score (nSPS) is 33.8. The van der Waals surface area contributed by atoms with Gasteiger partial charge in [-0.1, -0.05) is 6.92 Å². The van der Waals surface area contributed by atoms with Crippen LogP contribution in [0.25, 0.3) is 0 Å². The van der Waals surface area contributed by atoms with Crippen molar-refractivity contribution in [3.05, 3.63) is 0 Å². The molecule has 2 unspecified atom stereocenters. The molecular formula is C7H14N2S2. The zero-order valence-corrected chi connectivity index (χ0v) is 8.54. The minimum absolute atomic E-state index is 0.443. The first-order valence-corrected chi connectivity index (χ1v) is 5.81. The number of nitrogens with two attached hydrogens (primary N) is 1. The Morgan fingerprint density at radius 1 is 1.45 bits per heavy atom. The van der Waals surface area contributed by atoms with Gasteiger partial charge in [-0.25, -0.2) is 0 Å². The SMILES string of the molecule is CN=C(N)C1SCCSC1C. The molecule has 0 amide bonds. The number of aliphatic imine (C=N–C) groups is 1. The molecule has 1 aliphatic rings. The minimum Gasteiger partial charge on any atom is -0.387 e. The molecule has 0 aliphatic carbocycles. The van der Waals surface area contributed by atoms with Crippen molar-refractivity contribution in [1.29, 1.82) is 0 Å². The predicted octanol–water partition coefficient (Wildman–Crippen LogP) is 1.21. The highest BCUT2D eigenvalue weighted by Crippen LogP contribution is 2.30. The molecule has 1 rings (SSSR count). The van der Waals surface area contributed by atoms with Gasteiger partial charge < -0.3 is 5.73 Å². The summed E-state index contributed by atoms with van der Waals surface area (Å²) in [6.45, 7) is 2.22. The molecule has 2 atom stereocenters. The molecule has 64 valence electrons. The molecule has 0 saturated carbocycles. The molecule has 2 N–H and O–H groups in total. The summed E-state index contributed by atoms with van der Waals surface area (Å²) in [5.74, 6) is 3.25. The second-order valence-electron chi connectivity index (χ2n) is 2.52. The largest absolute Gasteiger partial charge is 0.387 e. The maximum absolute atomic E-state index is 5.75. The highest BCUT2D eigenvalue weighted by molar-refractivity contribution is 8.07. The van der Waals surface area contributed by atoms with E-state index in [9.17, 15) is 0 Å². The first kappa shape index (κ1) is 9.26. The van der Waals surface area contributed by atoms with Crippen molar-refractivity contribution < 1.29 is 0 Å². The van der Waals surface area contributed by atoms with Crippen LogP contribution in [0.15, 0.2) is 4.99 Å². The molecule has 0 bridgehead atoms. The van der Waals surface area contributed by atoms with Gasteiger partial charge in [0, 0.05) is 23.8 Å². The molecule has 1 heterocycles. The van der Waals surface area contributed by atoms with Crippen molar-refractivity contribution in [2.75, 3.05) is 18.6 Å². The maximum atomic E-state index is 5.75. The van der Waals surface area contributed by atoms with E-state index >= 15 is 0 Å². The lowest BCUT2D eigenvalue weighted by Gasteiger charge is -2.26. The Bertz CT molecular complexity index is 159. The molecule has 11 heavy (non-hydrogen) atoms. The van der Waals surface area contributed by atoms with Gasteiger partial charge >= 0.3 is 0 Å². The molecule has 1 aliphatic heterocycles. The van der Waals surface area contributed by atoms with Crippen LogP contribution in [0.5, 0.6) is 0 Å². The molecule has 0 aromatic heterocycles. The summed E-state index contributed by atoms with van der Waals surface area (Å²) in [5, 5.41) is 1.07. The van der Waals surface area contributed by atoms with E-state index in [1.54, 1.807) is 7.05 Å². The van der Waals surface area contributed by atoms with Crippen molar-refractivity contribution >= 4 is 29.4 Å². The van der Waals surface area contributed by atoms with Crippen molar-refractivity contribution in [3.8, 4) is 0 Å². The Morgan fingerprint density at radius 3 is 2.64 bits per heavy atom. The smallest absolute Gasteiger partial charge is 0.108 e. The number of hydrogen-bond donors (Lipinski definition) is 1. The molecule has 0 aromatic carbocycles. The summed E-state index contributed by atoms with van der Waals surface area (Å²) in [7, 11) is 1.77. The standard InChI is InChI=1S/C7H14N2S2/c1-5-6(7(8)9-2)11-4-3-10-5/h5-6H,3-4H2,1-2H3,(H2,8,9). The molecule has 0 spiro atoms. The average molecular weight is 190 g/mol. The lowest BCUT2D eigenvalue weighted by molar-refractivity contribution is 1.01. The summed E-state index contributed by atoms with van der Waals surface area (Å²) >= 11 is 3.92. The Hall–Kier alpha value is 0.170. The van der Waals surface area contributed by atoms with Crippen molar-refractivity contribution in [2.24, 2.45) is 10.7 Å². The zero-order chi connectivity index (χ0) is 8.27. The number of thioether (sulfide) groups is 2. The van der Waals surface area contributed by atoms with Crippen LogP contribution in [0.4, 0.5) is 0 Å². The molecule has 1 fully saturated rings. The topological polar surface area (TPSA) is 38.4 Å². The third kappa shape index (κ3) is 2.30. The molecule has 1 saturated heterocycles. The van der Waals surface area contributed by atoms with Crippen LogP contribution in [-0.4, -0.2) is 34.9 Å². The van der Waals surface area contributed by atoms with Crippen molar-refractivity contribution in [1.82, 2.24) is 0 Å². The van der Waals surface area contributed by atoms with E-state index in [1.807, 2.05) is 23.5 Å². The van der Waals surface area contributed by atoms with Crippen LogP contribution in [0, 0.1) is 0 Å². The summed E-state index contributed by atoms with van der Waals surface area (Å²) in [6, 6.07) is 0. The van der Waals surface area contributed by atoms with E-state index in [4.69, 9.17) is 5.73 Å². The van der Waals surface area contributed by atoms with Crippen molar-refractivity contribution in [3.63, 3.8) is 0 Å². The zero-order valence-electron chi connectivity index (χ0n) is 6.91. The fourth-order valence-corrected chi connectivity index (χ4v) is 3.81. The number of hydrogen-bond acceptors (Lipinski definition) is 3. The monoisotopic (exact) mass is 190 g/mol. The second-order valence-corrected chi connectivity index (χ2v) is 5.25. The molecule has 2 nitrogen and oxygen atoms in total. The van der Waals surface area contributed by atoms with Gasteiger partial charge in [0.1, 0.15) is 5.84 Å². The third-order valence-corrected chi connectivity index (χ3v) is 4.85. The molecule has 4 heteroatoms. The van der Waals surface area contributed by atoms with Gasteiger partial charge in [0.25, 0.3) is 0 Å². The Balaban J connectivity index is 2.54. The molecular weight excluding hydrogens is 176 g/mol. The highest BCUT2D eigenvalue weighted by atomic mass is 32.2. The summed E-state index contributed by atoms with van der Waals surface area (Å²) in [6.07, 6.45) is 0. The van der Waals surface area contributed by atoms with Gasteiger partial charge in [0.2, 0.25) is 0 Å². The van der Waals surface area contributed by atoms with Gasteiger partial charge in [-0.15, -0.1) is 11.8 Å². The maximum Gasteiger partial charge on any atom is 0.108 e. The lowest BCUT2D eigenvalue weighted by Crippen LogP contribution is -2.36. The Kier molecular flexibility index (Phi) is 3.59. The van der Waals surface area contributed by atoms with Crippen LogP contribution < -0.4 is 5.73 Å². The average Bonchev–Trinajstić information content (AvgIpc) is 2.04. The van der Waals surface area contributed by atoms with E-state index in [1.165, 1.54) is 11.5 Å². The van der Waals surface area contributed by atoms with Gasteiger partial charge in [0.05, 0.1) is 5.25 Å². The van der Waals surface area contributed by atoms with E-state index in [0.29, 0.717) is 10.5 Å². The first-order valence-electron chi connectivity index (χ1n) is 3.71. The fraction of sp³-hybridized carbons (Fsp3) is 0.857. The Labute approximate surface area is 76.4 Å². The first-order chi connectivity index (χ1) is 5.25. The Morgan fingerprint density at radius 2 is 2.09 bits per heavy atom. The van der Waals surface area contributed by atoms with Crippen molar-refractivity contribution in [2.45, 2.75) is 17.4 Å². The number of amidine groups is 1. The summed E-state index contributed by atoms with van der Waals surface area (Å²) < 4.78 is 0. The van der Waals surface area contributed by atoms with Crippen LogP contribution in [0.1, 0.15) is 6.92 Å². The summed E-state index contributed by atoms with van der Waals surface area (Å²) in [5.41, 5.74) is 5.75. The fourth-order valence-electron chi connectivity index (χ4n) is 1.09. The number of rotatable bonds is 1. The lowest BCUT2D eigenvalue weighted by atomic mass is 10.3. The van der Waals surface area contributed by atoms with E-state index in [0.717, 1.165) is 5.84 Å². The van der Waals surface area contributed by atoms with E-state index < -0.39 is 0 Å². The van der Waals surface area contributed by atoms with E-state index in [2.05, 4.69) is 11.9 Å². The quantitative estimate of drug-likeness (QED) is 0.499. The van der Waals surface area contributed by atoms with Crippen LogP contribution in [-0.2, 0) is 0 Å². The van der Waals surface area contributed by atoms with Crippen LogP contribution in [0.2, 0.25) is 0 Å². The van der Waals surface area contributed by atoms with Gasteiger partial charge in [0.15, 0.2) is 0 Å². The number of nitrogens with zero attached hydrogens (tertiary/aromatic N) is 1. The van der Waals surface area contributed by atoms with Crippen LogP contribution in [0.3, 0.4) is 0 Å². The molecule has 0 aromatic rings. The second kappa shape index (κ2) is 4.26. The highest BCUT2D eigenvalue weighted by Gasteiger charge is 2.24. The van der Waals surface area contributed by atoms with E-state index in [-0.39, 0.29) is 0 Å². The predicted molar refractivity (Wildman–Crippen MR) is 55.7 cm³/mol. The molecule has 0 radical (unpaired) electrons.